The number of hydrogen-bond donors (Lipinski definition) is 2. The summed E-state index contributed by atoms with van der Waals surface area (Å²) in [6.45, 7) is 4.90. The summed E-state index contributed by atoms with van der Waals surface area (Å²) >= 11 is 0. The van der Waals surface area contributed by atoms with E-state index in [1.807, 2.05) is 42.5 Å². The maximum absolute atomic E-state index is 13.1. The molecular weight excluding hydrogens is 444 g/mol. The first-order chi connectivity index (χ1) is 17.1. The summed E-state index contributed by atoms with van der Waals surface area (Å²) in [5.74, 6) is -0.483. The minimum atomic E-state index is -0.988. The van der Waals surface area contributed by atoms with Crippen LogP contribution < -0.4 is 10.1 Å². The SMILES string of the molecule is O=C(NCCCN1CCOCC1)C(=Cc1ccc(C(=O)O)cc1)COc1cccc2ccccc12. The van der Waals surface area contributed by atoms with Gasteiger partial charge in [-0.25, -0.2) is 4.79 Å². The van der Waals surface area contributed by atoms with Crippen LogP contribution in [0.3, 0.4) is 0 Å². The molecule has 3 aromatic carbocycles. The largest absolute Gasteiger partial charge is 0.488 e. The van der Waals surface area contributed by atoms with Crippen LogP contribution in [0.4, 0.5) is 0 Å². The first-order valence-corrected chi connectivity index (χ1v) is 11.8. The van der Waals surface area contributed by atoms with Gasteiger partial charge >= 0.3 is 5.97 Å². The summed E-state index contributed by atoms with van der Waals surface area (Å²) in [7, 11) is 0. The predicted molar refractivity (Wildman–Crippen MR) is 136 cm³/mol. The van der Waals surface area contributed by atoms with Gasteiger partial charge in [0.2, 0.25) is 0 Å². The Kier molecular flexibility index (Phi) is 8.48. The molecule has 1 heterocycles. The summed E-state index contributed by atoms with van der Waals surface area (Å²) < 4.78 is 11.5. The highest BCUT2D eigenvalue weighted by molar-refractivity contribution is 5.98. The molecule has 0 unspecified atom stereocenters. The van der Waals surface area contributed by atoms with Gasteiger partial charge in [-0.15, -0.1) is 0 Å². The summed E-state index contributed by atoms with van der Waals surface area (Å²) in [5.41, 5.74) is 1.39. The van der Waals surface area contributed by atoms with Crippen LogP contribution in [0.5, 0.6) is 5.75 Å². The smallest absolute Gasteiger partial charge is 0.335 e. The number of nitrogens with zero attached hydrogens (tertiary/aromatic N) is 1. The van der Waals surface area contributed by atoms with Crippen molar-refractivity contribution in [2.45, 2.75) is 6.42 Å². The molecule has 7 nitrogen and oxygen atoms in total. The fourth-order valence-corrected chi connectivity index (χ4v) is 4.02. The lowest BCUT2D eigenvalue weighted by molar-refractivity contribution is -0.117. The topological polar surface area (TPSA) is 88.1 Å². The zero-order valence-corrected chi connectivity index (χ0v) is 19.6. The van der Waals surface area contributed by atoms with Gasteiger partial charge in [-0.1, -0.05) is 48.5 Å². The molecule has 3 aromatic rings. The van der Waals surface area contributed by atoms with E-state index in [1.54, 1.807) is 18.2 Å². The molecule has 0 atom stereocenters. The van der Waals surface area contributed by atoms with E-state index in [0.717, 1.165) is 55.6 Å². The number of ether oxygens (including phenoxy) is 2. The van der Waals surface area contributed by atoms with E-state index in [2.05, 4.69) is 10.2 Å². The fourth-order valence-electron chi connectivity index (χ4n) is 4.02. The number of fused-ring (bicyclic) bond motifs is 1. The van der Waals surface area contributed by atoms with Crippen LogP contribution in [0, 0.1) is 0 Å². The Morgan fingerprint density at radius 1 is 1.00 bits per heavy atom. The third-order valence-corrected chi connectivity index (χ3v) is 5.96. The minimum absolute atomic E-state index is 0.0873. The number of benzene rings is 3. The summed E-state index contributed by atoms with van der Waals surface area (Å²) in [6, 6.07) is 20.2. The molecule has 0 aromatic heterocycles. The Morgan fingerprint density at radius 2 is 1.74 bits per heavy atom. The molecule has 1 amide bonds. The lowest BCUT2D eigenvalue weighted by atomic mass is 10.1. The molecule has 35 heavy (non-hydrogen) atoms. The van der Waals surface area contributed by atoms with Crippen molar-refractivity contribution in [1.29, 1.82) is 0 Å². The number of hydrogen-bond acceptors (Lipinski definition) is 5. The number of carboxylic acids is 1. The van der Waals surface area contributed by atoms with Crippen LogP contribution in [0.2, 0.25) is 0 Å². The molecule has 4 rings (SSSR count). The molecule has 2 N–H and O–H groups in total. The lowest BCUT2D eigenvalue weighted by Crippen LogP contribution is -2.38. The van der Waals surface area contributed by atoms with Crippen molar-refractivity contribution in [3.63, 3.8) is 0 Å². The highest BCUT2D eigenvalue weighted by atomic mass is 16.5. The van der Waals surface area contributed by atoms with Crippen LogP contribution in [0.15, 0.2) is 72.3 Å². The highest BCUT2D eigenvalue weighted by Gasteiger charge is 2.14. The second-order valence-electron chi connectivity index (χ2n) is 8.43. The Labute approximate surface area is 205 Å². The van der Waals surface area contributed by atoms with Gasteiger partial charge in [0, 0.05) is 25.0 Å². The van der Waals surface area contributed by atoms with Gasteiger partial charge in [0.15, 0.2) is 0 Å². The van der Waals surface area contributed by atoms with E-state index in [0.29, 0.717) is 17.9 Å². The zero-order chi connectivity index (χ0) is 24.5. The van der Waals surface area contributed by atoms with E-state index in [1.165, 1.54) is 12.1 Å². The molecule has 1 aliphatic heterocycles. The Bertz CT molecular complexity index is 1180. The molecule has 0 bridgehead atoms. The van der Waals surface area contributed by atoms with Crippen LogP contribution in [0.25, 0.3) is 16.8 Å². The molecule has 1 aliphatic rings. The normalized spacial score (nSPS) is 14.6. The van der Waals surface area contributed by atoms with Gasteiger partial charge in [-0.05, 0) is 48.2 Å². The first-order valence-electron chi connectivity index (χ1n) is 11.8. The highest BCUT2D eigenvalue weighted by Crippen LogP contribution is 2.25. The molecule has 1 saturated heterocycles. The van der Waals surface area contributed by atoms with Crippen LogP contribution >= 0.6 is 0 Å². The molecule has 0 radical (unpaired) electrons. The number of nitrogens with one attached hydrogen (secondary N) is 1. The number of carboxylic acid groups (broad SMARTS) is 1. The second kappa shape index (κ2) is 12.1. The summed E-state index contributed by atoms with van der Waals surface area (Å²) in [6.07, 6.45) is 2.59. The Balaban J connectivity index is 1.45. The van der Waals surface area contributed by atoms with Crippen molar-refractivity contribution < 1.29 is 24.2 Å². The van der Waals surface area contributed by atoms with E-state index in [4.69, 9.17) is 14.6 Å². The van der Waals surface area contributed by atoms with Gasteiger partial charge in [-0.3, -0.25) is 9.69 Å². The maximum atomic E-state index is 13.1. The second-order valence-corrected chi connectivity index (χ2v) is 8.43. The number of amides is 1. The standard InChI is InChI=1S/C28H30N2O5/c31-27(29-13-4-14-30-15-17-34-18-16-30)24(19-21-9-11-23(12-10-21)28(32)33)20-35-26-8-3-6-22-5-1-2-7-25(22)26/h1-3,5-12,19H,4,13-18,20H2,(H,29,31)(H,32,33). The van der Waals surface area contributed by atoms with Crippen molar-refractivity contribution in [3.8, 4) is 5.75 Å². The Hall–Kier alpha value is -3.68. The minimum Gasteiger partial charge on any atom is -0.488 e. The average molecular weight is 475 g/mol. The lowest BCUT2D eigenvalue weighted by Gasteiger charge is -2.26. The maximum Gasteiger partial charge on any atom is 0.335 e. The van der Waals surface area contributed by atoms with E-state index in [-0.39, 0.29) is 18.1 Å². The van der Waals surface area contributed by atoms with Crippen molar-refractivity contribution in [2.24, 2.45) is 0 Å². The monoisotopic (exact) mass is 474 g/mol. The van der Waals surface area contributed by atoms with Gasteiger partial charge in [-0.2, -0.15) is 0 Å². The van der Waals surface area contributed by atoms with Crippen molar-refractivity contribution in [2.75, 3.05) is 46.0 Å². The van der Waals surface area contributed by atoms with Gasteiger partial charge in [0.05, 0.1) is 24.4 Å². The van der Waals surface area contributed by atoms with Crippen molar-refractivity contribution in [3.05, 3.63) is 83.4 Å². The summed E-state index contributed by atoms with van der Waals surface area (Å²) in [4.78, 5) is 26.6. The van der Waals surface area contributed by atoms with Crippen LogP contribution in [0.1, 0.15) is 22.3 Å². The fraction of sp³-hybridized carbons (Fsp3) is 0.286. The number of carbonyl (C=O) groups excluding carboxylic acids is 1. The molecular formula is C28H30N2O5. The van der Waals surface area contributed by atoms with Crippen LogP contribution in [-0.4, -0.2) is 67.9 Å². The molecule has 1 fully saturated rings. The molecule has 182 valence electrons. The van der Waals surface area contributed by atoms with Crippen LogP contribution in [-0.2, 0) is 9.53 Å². The molecule has 0 aliphatic carbocycles. The Morgan fingerprint density at radius 3 is 2.51 bits per heavy atom. The third kappa shape index (κ3) is 6.91. The molecule has 7 heteroatoms. The quantitative estimate of drug-likeness (QED) is 0.343. The van der Waals surface area contributed by atoms with Gasteiger partial charge in [0.1, 0.15) is 12.4 Å². The average Bonchev–Trinajstić information content (AvgIpc) is 2.89. The number of carbonyl (C=O) groups is 2. The molecule has 0 saturated carbocycles. The molecule has 0 spiro atoms. The van der Waals surface area contributed by atoms with E-state index in [9.17, 15) is 9.59 Å². The predicted octanol–water partition coefficient (Wildman–Crippen LogP) is 3.84. The van der Waals surface area contributed by atoms with Gasteiger partial charge in [0.25, 0.3) is 5.91 Å². The number of morpholine rings is 1. The van der Waals surface area contributed by atoms with Crippen molar-refractivity contribution >= 4 is 28.7 Å². The van der Waals surface area contributed by atoms with Crippen molar-refractivity contribution in [1.82, 2.24) is 10.2 Å². The van der Waals surface area contributed by atoms with Gasteiger partial charge < -0.3 is 19.9 Å². The summed E-state index contributed by atoms with van der Waals surface area (Å²) in [5, 5.41) is 14.2. The van der Waals surface area contributed by atoms with E-state index < -0.39 is 5.97 Å². The number of rotatable bonds is 10. The third-order valence-electron chi connectivity index (χ3n) is 5.96. The van der Waals surface area contributed by atoms with E-state index >= 15 is 0 Å². The number of aromatic carboxylic acids is 1. The first kappa shape index (κ1) is 24.4. The zero-order valence-electron chi connectivity index (χ0n) is 19.6.